The number of isocyanates is 1. The van der Waals surface area contributed by atoms with Gasteiger partial charge in [-0.05, 0) is 37.5 Å². The number of hydrogen-bond acceptors (Lipinski definition) is 4. The van der Waals surface area contributed by atoms with Gasteiger partial charge in [-0.2, -0.15) is 16.8 Å². The van der Waals surface area contributed by atoms with Crippen LogP contribution in [0.1, 0.15) is 31.2 Å². The Kier molecular flexibility index (Phi) is 3.63. The van der Waals surface area contributed by atoms with Crippen molar-refractivity contribution in [2.75, 3.05) is 11.5 Å². The van der Waals surface area contributed by atoms with Crippen LogP contribution < -0.4 is 4.74 Å². The molecule has 1 aliphatic carbocycles. The number of thioether (sulfide) groups is 1. The zero-order chi connectivity index (χ0) is 13.1. The number of hydrogen-bond donors (Lipinski definition) is 0. The van der Waals surface area contributed by atoms with Gasteiger partial charge in [-0.15, -0.1) is 0 Å². The van der Waals surface area contributed by atoms with Gasteiger partial charge in [0.1, 0.15) is 17.4 Å². The lowest BCUT2D eigenvalue weighted by molar-refractivity contribution is 0.208. The minimum absolute atomic E-state index is 0.288. The summed E-state index contributed by atoms with van der Waals surface area (Å²) in [5.74, 6) is 3.19. The van der Waals surface area contributed by atoms with E-state index in [0.29, 0.717) is 0 Å². The van der Waals surface area contributed by atoms with Crippen molar-refractivity contribution in [2.24, 2.45) is 4.99 Å². The molecule has 0 bridgehead atoms. The van der Waals surface area contributed by atoms with Crippen LogP contribution >= 0.6 is 11.8 Å². The molecule has 1 unspecified atom stereocenters. The van der Waals surface area contributed by atoms with E-state index in [1.165, 1.54) is 12.2 Å². The van der Waals surface area contributed by atoms with Crippen molar-refractivity contribution in [1.82, 2.24) is 0 Å². The maximum atomic E-state index is 10.6. The van der Waals surface area contributed by atoms with Crippen LogP contribution in [0.4, 0.5) is 0 Å². The molecule has 2 fully saturated rings. The van der Waals surface area contributed by atoms with E-state index >= 15 is 0 Å². The molecule has 2 aliphatic rings. The van der Waals surface area contributed by atoms with Gasteiger partial charge in [0.05, 0.1) is 0 Å². The average molecular weight is 275 g/mol. The first-order valence-corrected chi connectivity index (χ1v) is 7.92. The fourth-order valence-corrected chi connectivity index (χ4v) is 3.62. The highest BCUT2D eigenvalue weighted by molar-refractivity contribution is 7.99. The molecule has 1 aromatic carbocycles. The van der Waals surface area contributed by atoms with Crippen LogP contribution in [-0.2, 0) is 10.3 Å². The van der Waals surface area contributed by atoms with Crippen LogP contribution in [-0.4, -0.2) is 23.7 Å². The Bertz CT molecular complexity index is 501. The summed E-state index contributed by atoms with van der Waals surface area (Å²) in [4.78, 5) is 14.6. The fourth-order valence-electron chi connectivity index (χ4n) is 2.58. The number of rotatable bonds is 4. The van der Waals surface area contributed by atoms with Crippen molar-refractivity contribution in [1.29, 1.82) is 0 Å². The third-order valence-corrected chi connectivity index (χ3v) is 4.97. The molecule has 3 rings (SSSR count). The maximum absolute atomic E-state index is 10.6. The fraction of sp³-hybridized carbons (Fsp3) is 0.533. The molecule has 0 aromatic heterocycles. The van der Waals surface area contributed by atoms with Crippen LogP contribution in [0.15, 0.2) is 29.3 Å². The molecule has 1 aromatic rings. The number of ether oxygens (including phenoxy) is 1. The van der Waals surface area contributed by atoms with Crippen LogP contribution in [0.3, 0.4) is 0 Å². The van der Waals surface area contributed by atoms with Gasteiger partial charge < -0.3 is 4.74 Å². The average Bonchev–Trinajstić information content (AvgIpc) is 3.22. The van der Waals surface area contributed by atoms with Crippen molar-refractivity contribution in [3.8, 4) is 5.75 Å². The van der Waals surface area contributed by atoms with E-state index in [9.17, 15) is 4.79 Å². The lowest BCUT2D eigenvalue weighted by atomic mass is 10.0. The third-order valence-electron chi connectivity index (χ3n) is 3.78. The lowest BCUT2D eigenvalue weighted by Gasteiger charge is -2.25. The predicted octanol–water partition coefficient (Wildman–Crippen LogP) is 3.29. The third kappa shape index (κ3) is 2.70. The van der Waals surface area contributed by atoms with Gasteiger partial charge >= 0.3 is 0 Å². The second-order valence-electron chi connectivity index (χ2n) is 5.19. The summed E-state index contributed by atoms with van der Waals surface area (Å²) in [5.41, 5.74) is 0.703. The lowest BCUT2D eigenvalue weighted by Crippen LogP contribution is -2.24. The summed E-state index contributed by atoms with van der Waals surface area (Å²) in [6.07, 6.45) is 6.17. The molecule has 1 aliphatic heterocycles. The highest BCUT2D eigenvalue weighted by Crippen LogP contribution is 2.52. The standard InChI is InChI=1S/C15H17NO2S/c17-11-16-15(7-8-15)13-5-1-2-6-14(13)18-12-4-3-9-19-10-12/h1-2,5-6,12H,3-4,7-10H2. The molecule has 1 atom stereocenters. The quantitative estimate of drug-likeness (QED) is 0.625. The zero-order valence-corrected chi connectivity index (χ0v) is 11.6. The van der Waals surface area contributed by atoms with E-state index < -0.39 is 0 Å². The van der Waals surface area contributed by atoms with Crippen molar-refractivity contribution >= 4 is 17.8 Å². The maximum Gasteiger partial charge on any atom is 0.235 e. The van der Waals surface area contributed by atoms with Gasteiger partial charge in [-0.3, -0.25) is 0 Å². The SMILES string of the molecule is O=C=NC1(c2ccccc2OC2CCCSC2)CC1. The van der Waals surface area contributed by atoms with Gasteiger partial charge in [-0.25, -0.2) is 4.79 Å². The summed E-state index contributed by atoms with van der Waals surface area (Å²) >= 11 is 1.95. The summed E-state index contributed by atoms with van der Waals surface area (Å²) < 4.78 is 6.15. The van der Waals surface area contributed by atoms with E-state index in [4.69, 9.17) is 4.74 Å². The molecule has 100 valence electrons. The molecule has 0 N–H and O–H groups in total. The first-order valence-electron chi connectivity index (χ1n) is 6.77. The Morgan fingerprint density at radius 3 is 2.89 bits per heavy atom. The zero-order valence-electron chi connectivity index (χ0n) is 10.8. The van der Waals surface area contributed by atoms with Gasteiger partial charge in [0.2, 0.25) is 6.08 Å². The summed E-state index contributed by atoms with van der Waals surface area (Å²) in [7, 11) is 0. The molecule has 0 spiro atoms. The Morgan fingerprint density at radius 1 is 1.37 bits per heavy atom. The summed E-state index contributed by atoms with van der Waals surface area (Å²) in [6, 6.07) is 7.99. The van der Waals surface area contributed by atoms with Crippen LogP contribution in [0.2, 0.25) is 0 Å². The molecule has 1 saturated heterocycles. The second kappa shape index (κ2) is 5.40. The van der Waals surface area contributed by atoms with Crippen molar-refractivity contribution < 1.29 is 9.53 Å². The van der Waals surface area contributed by atoms with Crippen LogP contribution in [0, 0.1) is 0 Å². The molecule has 0 amide bonds. The number of para-hydroxylation sites is 1. The largest absolute Gasteiger partial charge is 0.489 e. The van der Waals surface area contributed by atoms with Gasteiger partial charge in [0.25, 0.3) is 0 Å². The first-order chi connectivity index (χ1) is 9.34. The number of aliphatic imine (C=N–C) groups is 1. The minimum atomic E-state index is -0.347. The van der Waals surface area contributed by atoms with Gasteiger partial charge in [0, 0.05) is 11.3 Å². The molecule has 3 nitrogen and oxygen atoms in total. The van der Waals surface area contributed by atoms with E-state index in [0.717, 1.165) is 36.3 Å². The summed E-state index contributed by atoms with van der Waals surface area (Å²) in [5, 5.41) is 0. The molecule has 19 heavy (non-hydrogen) atoms. The Hall–Kier alpha value is -1.25. The Labute approximate surface area is 117 Å². The van der Waals surface area contributed by atoms with Gasteiger partial charge in [-0.1, -0.05) is 18.2 Å². The molecular formula is C15H17NO2S. The monoisotopic (exact) mass is 275 g/mol. The van der Waals surface area contributed by atoms with Crippen LogP contribution in [0.25, 0.3) is 0 Å². The Balaban J connectivity index is 1.83. The van der Waals surface area contributed by atoms with Crippen LogP contribution in [0.5, 0.6) is 5.75 Å². The molecule has 1 heterocycles. The number of nitrogens with zero attached hydrogens (tertiary/aromatic N) is 1. The van der Waals surface area contributed by atoms with E-state index in [2.05, 4.69) is 4.99 Å². The topological polar surface area (TPSA) is 38.7 Å². The van der Waals surface area contributed by atoms with Crippen molar-refractivity contribution in [2.45, 2.75) is 37.3 Å². The summed E-state index contributed by atoms with van der Waals surface area (Å²) in [6.45, 7) is 0. The van der Waals surface area contributed by atoms with E-state index in [-0.39, 0.29) is 11.6 Å². The first kappa shape index (κ1) is 12.8. The Morgan fingerprint density at radius 2 is 2.21 bits per heavy atom. The highest BCUT2D eigenvalue weighted by Gasteiger charge is 2.46. The van der Waals surface area contributed by atoms with E-state index in [1.54, 1.807) is 6.08 Å². The van der Waals surface area contributed by atoms with Crippen molar-refractivity contribution in [3.63, 3.8) is 0 Å². The molecular weight excluding hydrogens is 258 g/mol. The van der Waals surface area contributed by atoms with Gasteiger partial charge in [0.15, 0.2) is 0 Å². The second-order valence-corrected chi connectivity index (χ2v) is 6.34. The minimum Gasteiger partial charge on any atom is -0.489 e. The normalized spacial score (nSPS) is 24.3. The number of carbonyl (C=O) groups excluding carboxylic acids is 1. The highest BCUT2D eigenvalue weighted by atomic mass is 32.2. The molecule has 0 radical (unpaired) electrons. The predicted molar refractivity (Wildman–Crippen MR) is 76.5 cm³/mol. The van der Waals surface area contributed by atoms with E-state index in [1.807, 2.05) is 36.0 Å². The van der Waals surface area contributed by atoms with Crippen molar-refractivity contribution in [3.05, 3.63) is 29.8 Å². The smallest absolute Gasteiger partial charge is 0.235 e. The molecule has 1 saturated carbocycles. The molecule has 4 heteroatoms. The number of benzene rings is 1.